The molecule has 0 bridgehead atoms. The Bertz CT molecular complexity index is 633. The summed E-state index contributed by atoms with van der Waals surface area (Å²) in [5.41, 5.74) is 7.60. The van der Waals surface area contributed by atoms with Crippen molar-refractivity contribution in [2.75, 3.05) is 20.0 Å². The lowest BCUT2D eigenvalue weighted by Crippen LogP contribution is -2.07. The topological polar surface area (TPSA) is 75.2 Å². The van der Waals surface area contributed by atoms with Crippen LogP contribution in [0.15, 0.2) is 18.5 Å². The number of ether oxygens (including phenoxy) is 2. The smallest absolute Gasteiger partial charge is 0.166 e. The van der Waals surface area contributed by atoms with Gasteiger partial charge in [0.25, 0.3) is 0 Å². The number of nitrogen functional groups attached to an aromatic ring is 1. The number of hydrogen-bond acceptors (Lipinski definition) is 5. The number of hydrogen-bond donors (Lipinski definition) is 1. The van der Waals surface area contributed by atoms with Crippen LogP contribution >= 0.6 is 0 Å². The van der Waals surface area contributed by atoms with E-state index in [1.54, 1.807) is 26.6 Å². The second-order valence-corrected chi connectivity index (χ2v) is 5.29. The molecule has 0 saturated heterocycles. The lowest BCUT2D eigenvalue weighted by atomic mass is 10.1. The predicted octanol–water partition coefficient (Wildman–Crippen LogP) is 2.66. The molecule has 0 aliphatic heterocycles. The lowest BCUT2D eigenvalue weighted by Gasteiger charge is -2.16. The van der Waals surface area contributed by atoms with E-state index in [4.69, 9.17) is 15.2 Å². The van der Waals surface area contributed by atoms with Crippen molar-refractivity contribution in [1.82, 2.24) is 14.8 Å². The van der Waals surface area contributed by atoms with Crippen LogP contribution in [0.25, 0.3) is 11.4 Å². The molecule has 2 aromatic rings. The standard InChI is InChI=1S/C15H20N4O2/c1-20-13-7-11(12(16)8-14(13)21-2)15-18-17-9-19(15)10-5-3-4-6-10/h7-10H,3-6,16H2,1-2H3. The van der Waals surface area contributed by atoms with Gasteiger partial charge in [-0.15, -0.1) is 10.2 Å². The Morgan fingerprint density at radius 2 is 1.81 bits per heavy atom. The molecular weight excluding hydrogens is 268 g/mol. The quantitative estimate of drug-likeness (QED) is 0.875. The molecule has 0 spiro atoms. The molecule has 3 rings (SSSR count). The summed E-state index contributed by atoms with van der Waals surface area (Å²) >= 11 is 0. The molecule has 1 aliphatic rings. The second-order valence-electron chi connectivity index (χ2n) is 5.29. The summed E-state index contributed by atoms with van der Waals surface area (Å²) in [5.74, 6) is 2.05. The van der Waals surface area contributed by atoms with Crippen molar-refractivity contribution in [2.45, 2.75) is 31.7 Å². The maximum absolute atomic E-state index is 6.16. The van der Waals surface area contributed by atoms with Crippen LogP contribution in [-0.2, 0) is 0 Å². The molecule has 2 N–H and O–H groups in total. The third-order valence-corrected chi connectivity index (χ3v) is 4.09. The molecule has 1 fully saturated rings. The Morgan fingerprint density at radius 1 is 1.14 bits per heavy atom. The van der Waals surface area contributed by atoms with Gasteiger partial charge in [0.15, 0.2) is 17.3 Å². The van der Waals surface area contributed by atoms with Gasteiger partial charge in [-0.25, -0.2) is 0 Å². The maximum Gasteiger partial charge on any atom is 0.166 e. The van der Waals surface area contributed by atoms with Crippen molar-refractivity contribution in [3.63, 3.8) is 0 Å². The lowest BCUT2D eigenvalue weighted by molar-refractivity contribution is 0.355. The van der Waals surface area contributed by atoms with Crippen LogP contribution in [0.1, 0.15) is 31.7 Å². The van der Waals surface area contributed by atoms with Crippen molar-refractivity contribution < 1.29 is 9.47 Å². The molecule has 0 radical (unpaired) electrons. The van der Waals surface area contributed by atoms with E-state index >= 15 is 0 Å². The summed E-state index contributed by atoms with van der Waals surface area (Å²) in [6.45, 7) is 0. The van der Waals surface area contributed by atoms with Gasteiger partial charge in [-0.05, 0) is 18.9 Å². The Hall–Kier alpha value is -2.24. The molecule has 21 heavy (non-hydrogen) atoms. The molecule has 1 aromatic carbocycles. The molecular formula is C15H20N4O2. The first-order chi connectivity index (χ1) is 10.2. The number of nitrogens with two attached hydrogens (primary N) is 1. The molecule has 0 atom stereocenters. The summed E-state index contributed by atoms with van der Waals surface area (Å²) in [4.78, 5) is 0. The average molecular weight is 288 g/mol. The van der Waals surface area contributed by atoms with E-state index in [-0.39, 0.29) is 0 Å². The minimum atomic E-state index is 0.461. The van der Waals surface area contributed by atoms with Gasteiger partial charge in [-0.3, -0.25) is 0 Å². The van der Waals surface area contributed by atoms with Gasteiger partial charge in [0, 0.05) is 23.4 Å². The van der Waals surface area contributed by atoms with E-state index < -0.39 is 0 Å². The first-order valence-corrected chi connectivity index (χ1v) is 7.16. The number of nitrogens with zero attached hydrogens (tertiary/aromatic N) is 3. The van der Waals surface area contributed by atoms with Crippen LogP contribution in [0, 0.1) is 0 Å². The van der Waals surface area contributed by atoms with Gasteiger partial charge in [0.05, 0.1) is 14.2 Å². The molecule has 1 heterocycles. The zero-order valence-electron chi connectivity index (χ0n) is 12.4. The van der Waals surface area contributed by atoms with Crippen molar-refractivity contribution in [2.24, 2.45) is 0 Å². The zero-order chi connectivity index (χ0) is 14.8. The molecule has 112 valence electrons. The third-order valence-electron chi connectivity index (χ3n) is 4.09. The van der Waals surface area contributed by atoms with E-state index in [9.17, 15) is 0 Å². The van der Waals surface area contributed by atoms with E-state index in [2.05, 4.69) is 14.8 Å². The molecule has 1 aromatic heterocycles. The Labute approximate surface area is 123 Å². The van der Waals surface area contributed by atoms with Crippen LogP contribution < -0.4 is 15.2 Å². The highest BCUT2D eigenvalue weighted by molar-refractivity contribution is 5.76. The summed E-state index contributed by atoms with van der Waals surface area (Å²) < 4.78 is 12.8. The maximum atomic E-state index is 6.16. The van der Waals surface area contributed by atoms with E-state index in [1.165, 1.54) is 12.8 Å². The summed E-state index contributed by atoms with van der Waals surface area (Å²) in [5, 5.41) is 8.33. The van der Waals surface area contributed by atoms with Crippen LogP contribution in [0.2, 0.25) is 0 Å². The monoisotopic (exact) mass is 288 g/mol. The minimum absolute atomic E-state index is 0.461. The number of aromatic nitrogens is 3. The average Bonchev–Trinajstić information content (AvgIpc) is 3.17. The number of benzene rings is 1. The SMILES string of the molecule is COc1cc(N)c(-c2nncn2C2CCCC2)cc1OC. The fourth-order valence-corrected chi connectivity index (χ4v) is 2.97. The van der Waals surface area contributed by atoms with Gasteiger partial charge in [0.1, 0.15) is 6.33 Å². The summed E-state index contributed by atoms with van der Waals surface area (Å²) in [6, 6.07) is 4.09. The number of methoxy groups -OCH3 is 2. The largest absolute Gasteiger partial charge is 0.493 e. The van der Waals surface area contributed by atoms with E-state index in [0.29, 0.717) is 23.2 Å². The van der Waals surface area contributed by atoms with Crippen molar-refractivity contribution in [3.05, 3.63) is 18.5 Å². The van der Waals surface area contributed by atoms with Gasteiger partial charge >= 0.3 is 0 Å². The van der Waals surface area contributed by atoms with Crippen LogP contribution in [0.5, 0.6) is 11.5 Å². The molecule has 6 heteroatoms. The highest BCUT2D eigenvalue weighted by Gasteiger charge is 2.22. The number of anilines is 1. The summed E-state index contributed by atoms with van der Waals surface area (Å²) in [7, 11) is 3.21. The van der Waals surface area contributed by atoms with Crippen molar-refractivity contribution >= 4 is 5.69 Å². The molecule has 0 amide bonds. The predicted molar refractivity (Wildman–Crippen MR) is 80.5 cm³/mol. The highest BCUT2D eigenvalue weighted by Crippen LogP contribution is 2.39. The zero-order valence-corrected chi connectivity index (χ0v) is 12.4. The Morgan fingerprint density at radius 3 is 2.48 bits per heavy atom. The van der Waals surface area contributed by atoms with Gasteiger partial charge in [-0.1, -0.05) is 12.8 Å². The number of rotatable bonds is 4. The van der Waals surface area contributed by atoms with Gasteiger partial charge in [0.2, 0.25) is 0 Å². The van der Waals surface area contributed by atoms with Gasteiger partial charge in [-0.2, -0.15) is 0 Å². The molecule has 1 aliphatic carbocycles. The van der Waals surface area contributed by atoms with E-state index in [1.807, 2.05) is 6.07 Å². The van der Waals surface area contributed by atoms with Crippen LogP contribution in [-0.4, -0.2) is 29.0 Å². The minimum Gasteiger partial charge on any atom is -0.493 e. The fourth-order valence-electron chi connectivity index (χ4n) is 2.97. The van der Waals surface area contributed by atoms with E-state index in [0.717, 1.165) is 24.2 Å². The van der Waals surface area contributed by atoms with Crippen molar-refractivity contribution in [3.8, 4) is 22.9 Å². The van der Waals surface area contributed by atoms with Crippen LogP contribution in [0.4, 0.5) is 5.69 Å². The van der Waals surface area contributed by atoms with Crippen LogP contribution in [0.3, 0.4) is 0 Å². The molecule has 1 saturated carbocycles. The molecule has 0 unspecified atom stereocenters. The van der Waals surface area contributed by atoms with Crippen molar-refractivity contribution in [1.29, 1.82) is 0 Å². The van der Waals surface area contributed by atoms with Gasteiger partial charge < -0.3 is 19.8 Å². The first-order valence-electron chi connectivity index (χ1n) is 7.16. The molecule has 6 nitrogen and oxygen atoms in total. The first kappa shape index (κ1) is 13.7. The highest BCUT2D eigenvalue weighted by atomic mass is 16.5. The summed E-state index contributed by atoms with van der Waals surface area (Å²) in [6.07, 6.45) is 6.63. The Balaban J connectivity index is 2.06. The fraction of sp³-hybridized carbons (Fsp3) is 0.467. The normalized spacial score (nSPS) is 15.3. The Kier molecular flexibility index (Phi) is 3.68. The second kappa shape index (κ2) is 5.63. The third kappa shape index (κ3) is 2.41.